The Bertz CT molecular complexity index is 647. The Morgan fingerprint density at radius 1 is 1.03 bits per heavy atom. The maximum Gasteiger partial charge on any atom is 0.514 e. The van der Waals surface area contributed by atoms with Gasteiger partial charge in [0.05, 0.1) is 46.2 Å². The van der Waals surface area contributed by atoms with Crippen molar-refractivity contribution in [1.82, 2.24) is 4.90 Å². The molecule has 0 aliphatic carbocycles. The molecule has 2 rings (SSSR count). The second-order valence-electron chi connectivity index (χ2n) is 6.29. The fourth-order valence-corrected chi connectivity index (χ4v) is 2.84. The van der Waals surface area contributed by atoms with Crippen LogP contribution in [0.1, 0.15) is 30.1 Å². The zero-order valence-corrected chi connectivity index (χ0v) is 17.2. The van der Waals surface area contributed by atoms with Gasteiger partial charge in [0, 0.05) is 13.1 Å². The van der Waals surface area contributed by atoms with E-state index in [0.29, 0.717) is 6.61 Å². The van der Waals surface area contributed by atoms with Crippen molar-refractivity contribution in [3.63, 3.8) is 0 Å². The summed E-state index contributed by atoms with van der Waals surface area (Å²) in [5, 5.41) is 0. The Morgan fingerprint density at radius 2 is 1.69 bits per heavy atom. The number of nitrogens with zero attached hydrogens (tertiary/aromatic N) is 1. The van der Waals surface area contributed by atoms with Crippen molar-refractivity contribution in [1.29, 1.82) is 0 Å². The van der Waals surface area contributed by atoms with Gasteiger partial charge in [0.1, 0.15) is 0 Å². The first-order valence-electron chi connectivity index (χ1n) is 9.66. The van der Waals surface area contributed by atoms with E-state index in [2.05, 4.69) is 4.90 Å². The van der Waals surface area contributed by atoms with E-state index in [1.54, 1.807) is 6.92 Å². The standard InChI is InChI=1S/C20H29NO8/c1-4-27-20(23)29-18-16(24-2)13-15(14-17(18)25-3)19(22)28-10-6-5-7-21-8-11-26-12-9-21/h13-14H,4-12H2,1-3H3. The first kappa shape index (κ1) is 22.8. The van der Waals surface area contributed by atoms with Crippen LogP contribution >= 0.6 is 0 Å². The van der Waals surface area contributed by atoms with Crippen molar-refractivity contribution in [2.75, 3.05) is 60.3 Å². The predicted molar refractivity (Wildman–Crippen MR) is 104 cm³/mol. The second kappa shape index (κ2) is 12.1. The highest BCUT2D eigenvalue weighted by Gasteiger charge is 2.21. The van der Waals surface area contributed by atoms with Crippen LogP contribution in [-0.4, -0.2) is 77.3 Å². The average molecular weight is 411 g/mol. The normalized spacial score (nSPS) is 14.2. The number of hydrogen-bond donors (Lipinski definition) is 0. The lowest BCUT2D eigenvalue weighted by molar-refractivity contribution is 0.0348. The lowest BCUT2D eigenvalue weighted by Gasteiger charge is -2.26. The predicted octanol–water partition coefficient (Wildman–Crippen LogP) is 2.51. The maximum atomic E-state index is 12.4. The van der Waals surface area contributed by atoms with Crippen LogP contribution in [-0.2, 0) is 14.2 Å². The fourth-order valence-electron chi connectivity index (χ4n) is 2.84. The summed E-state index contributed by atoms with van der Waals surface area (Å²) in [4.78, 5) is 26.4. The molecule has 1 heterocycles. The molecule has 29 heavy (non-hydrogen) atoms. The molecule has 0 spiro atoms. The molecule has 162 valence electrons. The average Bonchev–Trinajstić information content (AvgIpc) is 2.74. The van der Waals surface area contributed by atoms with E-state index in [0.717, 1.165) is 45.7 Å². The Balaban J connectivity index is 1.90. The summed E-state index contributed by atoms with van der Waals surface area (Å²) in [5.74, 6) is -0.139. The van der Waals surface area contributed by atoms with Gasteiger partial charge in [-0.3, -0.25) is 4.90 Å². The molecule has 1 aromatic carbocycles. The van der Waals surface area contributed by atoms with E-state index >= 15 is 0 Å². The summed E-state index contributed by atoms with van der Waals surface area (Å²) < 4.78 is 31.0. The van der Waals surface area contributed by atoms with E-state index in [1.807, 2.05) is 0 Å². The van der Waals surface area contributed by atoms with Crippen molar-refractivity contribution in [2.45, 2.75) is 19.8 Å². The summed E-state index contributed by atoms with van der Waals surface area (Å²) in [6, 6.07) is 2.88. The molecule has 1 aliphatic rings. The Hall–Kier alpha value is -2.52. The molecule has 0 aromatic heterocycles. The van der Waals surface area contributed by atoms with Gasteiger partial charge in [-0.2, -0.15) is 0 Å². The highest BCUT2D eigenvalue weighted by atomic mass is 16.7. The third-order valence-corrected chi connectivity index (χ3v) is 4.35. The maximum absolute atomic E-state index is 12.4. The molecule has 0 unspecified atom stereocenters. The van der Waals surface area contributed by atoms with Crippen molar-refractivity contribution in [3.8, 4) is 17.2 Å². The molecular formula is C20H29NO8. The third-order valence-electron chi connectivity index (χ3n) is 4.35. The zero-order valence-electron chi connectivity index (χ0n) is 17.2. The number of unbranched alkanes of at least 4 members (excludes halogenated alkanes) is 1. The number of rotatable bonds is 10. The van der Waals surface area contributed by atoms with Crippen LogP contribution in [0.3, 0.4) is 0 Å². The van der Waals surface area contributed by atoms with Gasteiger partial charge in [-0.1, -0.05) is 0 Å². The largest absolute Gasteiger partial charge is 0.514 e. The Labute approximate surface area is 170 Å². The number of carbonyl (C=O) groups excluding carboxylic acids is 2. The summed E-state index contributed by atoms with van der Waals surface area (Å²) in [5.41, 5.74) is 0.239. The molecule has 0 bridgehead atoms. The van der Waals surface area contributed by atoms with Crippen molar-refractivity contribution >= 4 is 12.1 Å². The smallest absolute Gasteiger partial charge is 0.493 e. The van der Waals surface area contributed by atoms with Gasteiger partial charge < -0.3 is 28.4 Å². The number of benzene rings is 1. The van der Waals surface area contributed by atoms with E-state index in [4.69, 9.17) is 28.4 Å². The molecule has 0 amide bonds. The van der Waals surface area contributed by atoms with E-state index < -0.39 is 12.1 Å². The van der Waals surface area contributed by atoms with Crippen LogP contribution in [0.15, 0.2) is 12.1 Å². The molecule has 1 aliphatic heterocycles. The van der Waals surface area contributed by atoms with Crippen LogP contribution in [0.2, 0.25) is 0 Å². The first-order valence-corrected chi connectivity index (χ1v) is 9.66. The number of hydrogen-bond acceptors (Lipinski definition) is 9. The SMILES string of the molecule is CCOC(=O)Oc1c(OC)cc(C(=O)OCCCCN2CCOCC2)cc1OC. The number of methoxy groups -OCH3 is 2. The van der Waals surface area contributed by atoms with Gasteiger partial charge >= 0.3 is 12.1 Å². The molecule has 0 atom stereocenters. The Kier molecular flexibility index (Phi) is 9.52. The molecule has 9 nitrogen and oxygen atoms in total. The van der Waals surface area contributed by atoms with Crippen molar-refractivity contribution in [2.24, 2.45) is 0 Å². The topological polar surface area (TPSA) is 92.8 Å². The molecule has 1 aromatic rings. The quantitative estimate of drug-likeness (QED) is 0.327. The van der Waals surface area contributed by atoms with Gasteiger partial charge in [0.2, 0.25) is 5.75 Å². The van der Waals surface area contributed by atoms with Gasteiger partial charge in [-0.05, 0) is 38.4 Å². The minimum Gasteiger partial charge on any atom is -0.493 e. The van der Waals surface area contributed by atoms with Crippen LogP contribution in [0.25, 0.3) is 0 Å². The second-order valence-corrected chi connectivity index (χ2v) is 6.29. The fraction of sp³-hybridized carbons (Fsp3) is 0.600. The molecule has 1 fully saturated rings. The minimum absolute atomic E-state index is 0.0375. The summed E-state index contributed by atoms with van der Waals surface area (Å²) in [6.07, 6.45) is 0.813. The van der Waals surface area contributed by atoms with Crippen LogP contribution in [0.5, 0.6) is 17.2 Å². The van der Waals surface area contributed by atoms with Crippen molar-refractivity contribution < 1.29 is 38.0 Å². The third kappa shape index (κ3) is 7.10. The number of morpholine rings is 1. The Morgan fingerprint density at radius 3 is 2.28 bits per heavy atom. The summed E-state index contributed by atoms with van der Waals surface area (Å²) in [6.45, 7) is 6.54. The first-order chi connectivity index (χ1) is 14.1. The molecule has 0 N–H and O–H groups in total. The lowest BCUT2D eigenvalue weighted by Crippen LogP contribution is -2.36. The van der Waals surface area contributed by atoms with Gasteiger partial charge in [-0.15, -0.1) is 0 Å². The highest BCUT2D eigenvalue weighted by Crippen LogP contribution is 2.39. The highest BCUT2D eigenvalue weighted by molar-refractivity contribution is 5.91. The summed E-state index contributed by atoms with van der Waals surface area (Å²) >= 11 is 0. The van der Waals surface area contributed by atoms with Crippen molar-refractivity contribution in [3.05, 3.63) is 17.7 Å². The van der Waals surface area contributed by atoms with E-state index in [1.165, 1.54) is 26.4 Å². The zero-order chi connectivity index (χ0) is 21.1. The number of ether oxygens (including phenoxy) is 6. The lowest BCUT2D eigenvalue weighted by atomic mass is 10.2. The van der Waals surface area contributed by atoms with Gasteiger partial charge in [0.15, 0.2) is 11.5 Å². The minimum atomic E-state index is -0.889. The molecule has 0 radical (unpaired) electrons. The molecule has 0 saturated carbocycles. The van der Waals surface area contributed by atoms with E-state index in [9.17, 15) is 9.59 Å². The monoisotopic (exact) mass is 411 g/mol. The van der Waals surface area contributed by atoms with Crippen LogP contribution in [0.4, 0.5) is 4.79 Å². The molecule has 9 heteroatoms. The van der Waals surface area contributed by atoms with Crippen LogP contribution in [0, 0.1) is 0 Å². The summed E-state index contributed by atoms with van der Waals surface area (Å²) in [7, 11) is 2.79. The van der Waals surface area contributed by atoms with Gasteiger partial charge in [-0.25, -0.2) is 9.59 Å². The van der Waals surface area contributed by atoms with E-state index in [-0.39, 0.29) is 29.4 Å². The molecular weight excluding hydrogens is 382 g/mol. The van der Waals surface area contributed by atoms with Crippen LogP contribution < -0.4 is 14.2 Å². The number of esters is 1. The van der Waals surface area contributed by atoms with Gasteiger partial charge in [0.25, 0.3) is 0 Å². The number of carbonyl (C=O) groups is 2. The molecule has 1 saturated heterocycles.